The number of nitrogens with one attached hydrogen (secondary N) is 2. The Morgan fingerprint density at radius 3 is 2.30 bits per heavy atom. The van der Waals surface area contributed by atoms with E-state index >= 15 is 0 Å². The number of hydrogen-bond acceptors (Lipinski definition) is 8. The molecule has 1 heterocycles. The van der Waals surface area contributed by atoms with Crippen molar-refractivity contribution < 1.29 is 28.8 Å². The van der Waals surface area contributed by atoms with E-state index in [0.29, 0.717) is 37.3 Å². The molecule has 226 valence electrons. The van der Waals surface area contributed by atoms with Gasteiger partial charge in [0.25, 0.3) is 0 Å². The SMILES string of the molecule is CN(C)CCN(C)C(=O)ON=C(N)c1ccc(N2CC[C@H](NC(=O)NCCC(=O)OC(C)(C)C)C2=O)cc1.Cl.Cl. The first-order valence-corrected chi connectivity index (χ1v) is 12.3. The van der Waals surface area contributed by atoms with E-state index in [-0.39, 0.29) is 49.5 Å². The number of nitrogens with two attached hydrogens (primary N) is 1. The Kier molecular flexibility index (Phi) is 15.4. The highest BCUT2D eigenvalue weighted by molar-refractivity contribution is 6.02. The van der Waals surface area contributed by atoms with Crippen LogP contribution in [0.25, 0.3) is 0 Å². The van der Waals surface area contributed by atoms with Crippen LogP contribution in [-0.4, -0.2) is 98.6 Å². The fraction of sp³-hybridized carbons (Fsp3) is 0.560. The van der Waals surface area contributed by atoms with Crippen LogP contribution >= 0.6 is 24.8 Å². The molecule has 1 atom stereocenters. The summed E-state index contributed by atoms with van der Waals surface area (Å²) in [6.45, 7) is 6.97. The van der Waals surface area contributed by atoms with E-state index in [1.54, 1.807) is 57.0 Å². The minimum absolute atomic E-state index is 0. The van der Waals surface area contributed by atoms with Gasteiger partial charge in [-0.3, -0.25) is 14.4 Å². The van der Waals surface area contributed by atoms with Gasteiger partial charge in [0.15, 0.2) is 5.84 Å². The molecule has 4 N–H and O–H groups in total. The predicted octanol–water partition coefficient (Wildman–Crippen LogP) is 1.92. The zero-order chi connectivity index (χ0) is 28.5. The summed E-state index contributed by atoms with van der Waals surface area (Å²) in [7, 11) is 5.41. The molecule has 1 saturated heterocycles. The number of carbonyl (C=O) groups excluding carboxylic acids is 4. The second kappa shape index (κ2) is 16.7. The molecule has 1 fully saturated rings. The smallest absolute Gasteiger partial charge is 0.435 e. The Labute approximate surface area is 247 Å². The molecule has 13 nitrogen and oxygen atoms in total. The molecule has 1 aromatic carbocycles. The number of amides is 4. The van der Waals surface area contributed by atoms with Gasteiger partial charge in [0, 0.05) is 44.5 Å². The number of nitrogens with zero attached hydrogens (tertiary/aromatic N) is 4. The molecule has 15 heteroatoms. The van der Waals surface area contributed by atoms with Crippen molar-refractivity contribution in [3.63, 3.8) is 0 Å². The first kappa shape index (κ1) is 36.7. The third-order valence-corrected chi connectivity index (χ3v) is 5.44. The van der Waals surface area contributed by atoms with E-state index in [4.69, 9.17) is 15.3 Å². The molecule has 0 unspecified atom stereocenters. The van der Waals surface area contributed by atoms with Crippen molar-refractivity contribution in [1.82, 2.24) is 20.4 Å². The van der Waals surface area contributed by atoms with Crippen molar-refractivity contribution in [2.75, 3.05) is 52.2 Å². The summed E-state index contributed by atoms with van der Waals surface area (Å²) in [5.41, 5.74) is 6.50. The van der Waals surface area contributed by atoms with Gasteiger partial charge in [-0.1, -0.05) is 5.16 Å². The van der Waals surface area contributed by atoms with Gasteiger partial charge < -0.3 is 35.8 Å². The van der Waals surface area contributed by atoms with Crippen LogP contribution in [0.3, 0.4) is 0 Å². The van der Waals surface area contributed by atoms with E-state index < -0.39 is 29.7 Å². The maximum atomic E-state index is 12.8. The standard InChI is InChI=1S/C25H39N7O6.2ClH/c1-25(2,3)37-20(33)11-13-27-23(35)28-19-12-14-32(22(19)34)18-9-7-17(8-10-18)21(26)29-38-24(36)31(6)16-15-30(4)5;;/h7-10,19H,11-16H2,1-6H3,(H2,26,29)(H2,27,28,35);2*1H/t19-;;/m0../s1. The van der Waals surface area contributed by atoms with Crippen molar-refractivity contribution >= 4 is 60.3 Å². The number of hydrogen-bond donors (Lipinski definition) is 3. The highest BCUT2D eigenvalue weighted by atomic mass is 35.5. The van der Waals surface area contributed by atoms with Crippen molar-refractivity contribution in [2.24, 2.45) is 10.9 Å². The summed E-state index contributed by atoms with van der Waals surface area (Å²) in [5.74, 6) is -0.654. The summed E-state index contributed by atoms with van der Waals surface area (Å²) in [6, 6.07) is 5.50. The Balaban J connectivity index is 0.00000760. The van der Waals surface area contributed by atoms with Crippen LogP contribution in [0.5, 0.6) is 0 Å². The fourth-order valence-electron chi connectivity index (χ4n) is 3.41. The number of amidine groups is 1. The molecule has 1 aromatic rings. The first-order chi connectivity index (χ1) is 17.8. The number of oxime groups is 1. The fourth-order valence-corrected chi connectivity index (χ4v) is 3.41. The predicted molar refractivity (Wildman–Crippen MR) is 157 cm³/mol. The number of rotatable bonds is 10. The van der Waals surface area contributed by atoms with Gasteiger partial charge in [-0.25, -0.2) is 9.59 Å². The number of likely N-dealkylation sites (N-methyl/N-ethyl adjacent to an activating group) is 2. The molecule has 4 amide bonds. The number of urea groups is 1. The Bertz CT molecular complexity index is 1030. The summed E-state index contributed by atoms with van der Waals surface area (Å²) in [4.78, 5) is 58.6. The molecule has 0 spiro atoms. The highest BCUT2D eigenvalue weighted by Gasteiger charge is 2.33. The molecule has 0 saturated carbocycles. The molecular weight excluding hydrogens is 565 g/mol. The van der Waals surface area contributed by atoms with E-state index in [0.717, 1.165) is 0 Å². The van der Waals surface area contributed by atoms with Gasteiger partial charge in [0.1, 0.15) is 11.6 Å². The lowest BCUT2D eigenvalue weighted by Gasteiger charge is -2.19. The minimum atomic E-state index is -0.688. The maximum Gasteiger partial charge on any atom is 0.435 e. The average Bonchev–Trinajstić information content (AvgIpc) is 3.19. The van der Waals surface area contributed by atoms with Gasteiger partial charge in [-0.15, -0.1) is 24.8 Å². The van der Waals surface area contributed by atoms with Crippen molar-refractivity contribution in [2.45, 2.75) is 45.3 Å². The van der Waals surface area contributed by atoms with Gasteiger partial charge in [-0.2, -0.15) is 0 Å². The Morgan fingerprint density at radius 2 is 1.73 bits per heavy atom. The van der Waals surface area contributed by atoms with Crippen LogP contribution < -0.4 is 21.3 Å². The monoisotopic (exact) mass is 605 g/mol. The number of halogens is 2. The lowest BCUT2D eigenvalue weighted by atomic mass is 10.2. The second-order valence-corrected chi connectivity index (χ2v) is 10.2. The molecule has 1 aliphatic heterocycles. The lowest BCUT2D eigenvalue weighted by Crippen LogP contribution is -2.46. The average molecular weight is 607 g/mol. The van der Waals surface area contributed by atoms with Crippen molar-refractivity contribution in [1.29, 1.82) is 0 Å². The molecule has 1 aliphatic rings. The molecular formula is C25H41Cl2N7O6. The summed E-state index contributed by atoms with van der Waals surface area (Å²) >= 11 is 0. The van der Waals surface area contributed by atoms with E-state index in [1.165, 1.54) is 4.90 Å². The van der Waals surface area contributed by atoms with Crippen LogP contribution in [0.15, 0.2) is 29.4 Å². The van der Waals surface area contributed by atoms with Crippen molar-refractivity contribution in [3.05, 3.63) is 29.8 Å². The van der Waals surface area contributed by atoms with Crippen LogP contribution in [0.2, 0.25) is 0 Å². The zero-order valence-corrected chi connectivity index (χ0v) is 25.4. The van der Waals surface area contributed by atoms with E-state index in [1.807, 2.05) is 19.0 Å². The molecule has 0 bridgehead atoms. The molecule has 0 aliphatic carbocycles. The summed E-state index contributed by atoms with van der Waals surface area (Å²) in [6.07, 6.45) is -0.164. The summed E-state index contributed by atoms with van der Waals surface area (Å²) < 4.78 is 5.19. The topological polar surface area (TPSA) is 159 Å². The third kappa shape index (κ3) is 12.3. The van der Waals surface area contributed by atoms with E-state index in [2.05, 4.69) is 15.8 Å². The largest absolute Gasteiger partial charge is 0.460 e. The quantitative estimate of drug-likeness (QED) is 0.120. The number of carbonyl (C=O) groups is 4. The van der Waals surface area contributed by atoms with Gasteiger partial charge in [-0.05, 0) is 65.6 Å². The Morgan fingerprint density at radius 1 is 1.10 bits per heavy atom. The molecule has 0 radical (unpaired) electrons. The van der Waals surface area contributed by atoms with Crippen LogP contribution in [0.1, 0.15) is 39.2 Å². The minimum Gasteiger partial charge on any atom is -0.460 e. The van der Waals surface area contributed by atoms with E-state index in [9.17, 15) is 19.2 Å². The highest BCUT2D eigenvalue weighted by Crippen LogP contribution is 2.22. The van der Waals surface area contributed by atoms with Gasteiger partial charge >= 0.3 is 18.1 Å². The Hall–Kier alpha value is -3.29. The maximum absolute atomic E-state index is 12.8. The molecule has 0 aromatic heterocycles. The van der Waals surface area contributed by atoms with Gasteiger partial charge in [0.2, 0.25) is 5.91 Å². The number of anilines is 1. The van der Waals surface area contributed by atoms with Crippen LogP contribution in [0.4, 0.5) is 15.3 Å². The summed E-state index contributed by atoms with van der Waals surface area (Å²) in [5, 5.41) is 8.92. The van der Waals surface area contributed by atoms with Crippen LogP contribution in [-0.2, 0) is 19.2 Å². The molecule has 40 heavy (non-hydrogen) atoms. The third-order valence-electron chi connectivity index (χ3n) is 5.44. The normalized spacial score (nSPS) is 15.1. The zero-order valence-electron chi connectivity index (χ0n) is 23.8. The van der Waals surface area contributed by atoms with Gasteiger partial charge in [0.05, 0.1) is 6.42 Å². The molecule has 2 rings (SSSR count). The number of ether oxygens (including phenoxy) is 1. The van der Waals surface area contributed by atoms with Crippen LogP contribution in [0, 0.1) is 0 Å². The number of esters is 1. The second-order valence-electron chi connectivity index (χ2n) is 10.2. The lowest BCUT2D eigenvalue weighted by molar-refractivity contribution is -0.154. The first-order valence-electron chi connectivity index (χ1n) is 12.3. The van der Waals surface area contributed by atoms with Crippen molar-refractivity contribution in [3.8, 4) is 0 Å². The number of benzene rings is 1.